The van der Waals surface area contributed by atoms with Crippen molar-refractivity contribution in [2.24, 2.45) is 22.7 Å². The van der Waals surface area contributed by atoms with Crippen LogP contribution in [-0.4, -0.2) is 60.3 Å². The zero-order valence-electron chi connectivity index (χ0n) is 20.8. The van der Waals surface area contributed by atoms with Crippen molar-refractivity contribution < 1.29 is 30.3 Å². The predicted octanol–water partition coefficient (Wildman–Crippen LogP) is 2.80. The summed E-state index contributed by atoms with van der Waals surface area (Å²) in [5.41, 5.74) is -4.20. The topological polar surface area (TPSA) is 118 Å². The van der Waals surface area contributed by atoms with Crippen LogP contribution in [0.25, 0.3) is 0 Å². The molecule has 5 N–H and O–H groups in total. The van der Waals surface area contributed by atoms with Crippen molar-refractivity contribution in [1.29, 1.82) is 0 Å². The van der Waals surface area contributed by atoms with Gasteiger partial charge in [0.05, 0.1) is 29.0 Å². The second-order valence-electron chi connectivity index (χ2n) is 12.6. The van der Waals surface area contributed by atoms with Crippen LogP contribution in [0.2, 0.25) is 0 Å². The molecule has 2 fully saturated rings. The summed E-state index contributed by atoms with van der Waals surface area (Å²) in [5, 5.41) is 54.9. The van der Waals surface area contributed by atoms with Crippen molar-refractivity contribution in [2.45, 2.75) is 115 Å². The van der Waals surface area contributed by atoms with Crippen LogP contribution in [-0.2, 0) is 4.79 Å². The first-order valence-corrected chi connectivity index (χ1v) is 12.6. The number of fused-ring (bicyclic) bond motifs is 5. The summed E-state index contributed by atoms with van der Waals surface area (Å²) in [4.78, 5) is 13.2. The van der Waals surface area contributed by atoms with E-state index in [0.717, 1.165) is 25.7 Å². The summed E-state index contributed by atoms with van der Waals surface area (Å²) >= 11 is 0. The summed E-state index contributed by atoms with van der Waals surface area (Å²) in [7, 11) is 0. The van der Waals surface area contributed by atoms with Crippen LogP contribution in [0.1, 0.15) is 86.0 Å². The number of rotatable bonds is 5. The third kappa shape index (κ3) is 3.51. The molecule has 6 heteroatoms. The number of aliphatic hydroxyl groups is 5. The molecule has 0 amide bonds. The van der Waals surface area contributed by atoms with Gasteiger partial charge < -0.3 is 25.5 Å². The summed E-state index contributed by atoms with van der Waals surface area (Å²) < 4.78 is 0. The molecule has 0 unspecified atom stereocenters. The van der Waals surface area contributed by atoms with Crippen molar-refractivity contribution in [3.05, 3.63) is 23.3 Å². The molecule has 0 aromatic carbocycles. The highest BCUT2D eigenvalue weighted by Crippen LogP contribution is 2.69. The zero-order valence-corrected chi connectivity index (χ0v) is 20.8. The van der Waals surface area contributed by atoms with Gasteiger partial charge in [-0.1, -0.05) is 33.6 Å². The van der Waals surface area contributed by atoms with Gasteiger partial charge in [-0.3, -0.25) is 4.79 Å². The van der Waals surface area contributed by atoms with Crippen molar-refractivity contribution >= 4 is 5.78 Å². The van der Waals surface area contributed by atoms with Gasteiger partial charge in [-0.15, -0.1) is 0 Å². The predicted molar refractivity (Wildman–Crippen MR) is 125 cm³/mol. The van der Waals surface area contributed by atoms with Crippen LogP contribution >= 0.6 is 0 Å². The van der Waals surface area contributed by atoms with Crippen LogP contribution in [0.15, 0.2) is 23.3 Å². The molecule has 6 nitrogen and oxygen atoms in total. The Morgan fingerprint density at radius 2 is 1.79 bits per heavy atom. The lowest BCUT2D eigenvalue weighted by molar-refractivity contribution is -0.166. The van der Waals surface area contributed by atoms with E-state index in [4.69, 9.17) is 0 Å². The molecule has 4 aliphatic rings. The maximum Gasteiger partial charge on any atom is 0.182 e. The molecular weight excluding hydrogens is 420 g/mol. The molecule has 0 radical (unpaired) electrons. The van der Waals surface area contributed by atoms with Gasteiger partial charge in [-0.25, -0.2) is 0 Å². The molecule has 0 heterocycles. The van der Waals surface area contributed by atoms with Gasteiger partial charge in [0.1, 0.15) is 0 Å². The fourth-order valence-corrected chi connectivity index (χ4v) is 7.88. The Labute approximate surface area is 197 Å². The third-order valence-corrected chi connectivity index (χ3v) is 10.0. The average Bonchev–Trinajstić information content (AvgIpc) is 2.97. The van der Waals surface area contributed by atoms with Gasteiger partial charge >= 0.3 is 0 Å². The van der Waals surface area contributed by atoms with E-state index in [1.54, 1.807) is 6.92 Å². The normalized spacial score (nSPS) is 46.1. The van der Waals surface area contributed by atoms with Gasteiger partial charge in [0.25, 0.3) is 0 Å². The van der Waals surface area contributed by atoms with E-state index in [2.05, 4.69) is 13.8 Å². The van der Waals surface area contributed by atoms with E-state index in [-0.39, 0.29) is 18.1 Å². The molecule has 0 aromatic heterocycles. The highest BCUT2D eigenvalue weighted by atomic mass is 16.3. The standard InChI is InChI=1S/C27H42O6/c1-16(7-6-9-23(2,3)31)17-8-10-26(32)22-14-19(28)18-13-20(29)21(30)15-25(18,5)27(22,33)12-11-24(17,26)4/h13-14,16-17,20-21,29-33H,6-12,15H2,1-5H3/t16-,17-,20+,21-,24-,25+,26+,27-/m1/s1. The van der Waals surface area contributed by atoms with Gasteiger partial charge in [0, 0.05) is 16.4 Å². The lowest BCUT2D eigenvalue weighted by atomic mass is 9.45. The van der Waals surface area contributed by atoms with Crippen LogP contribution in [0, 0.1) is 22.7 Å². The second kappa shape index (κ2) is 7.72. The Morgan fingerprint density at radius 3 is 2.42 bits per heavy atom. The highest BCUT2D eigenvalue weighted by molar-refractivity contribution is 6.08. The van der Waals surface area contributed by atoms with Gasteiger partial charge in [0.2, 0.25) is 0 Å². The molecule has 4 rings (SSSR count). The first kappa shape index (κ1) is 25.1. The minimum atomic E-state index is -1.44. The maximum atomic E-state index is 13.2. The summed E-state index contributed by atoms with van der Waals surface area (Å²) in [6, 6.07) is 0. The van der Waals surface area contributed by atoms with Crippen LogP contribution in [0.5, 0.6) is 0 Å². The molecule has 2 saturated carbocycles. The number of carbonyl (C=O) groups excluding carboxylic acids is 1. The summed E-state index contributed by atoms with van der Waals surface area (Å²) in [6.07, 6.45) is 5.61. The molecule has 33 heavy (non-hydrogen) atoms. The Bertz CT molecular complexity index is 886. The van der Waals surface area contributed by atoms with Crippen molar-refractivity contribution in [1.82, 2.24) is 0 Å². The number of hydrogen-bond donors (Lipinski definition) is 5. The quantitative estimate of drug-likeness (QED) is 0.429. The zero-order chi connectivity index (χ0) is 24.6. The minimum absolute atomic E-state index is 0.0726. The fourth-order valence-electron chi connectivity index (χ4n) is 7.88. The number of carbonyl (C=O) groups is 1. The highest BCUT2D eigenvalue weighted by Gasteiger charge is 2.71. The first-order chi connectivity index (χ1) is 15.1. The lowest BCUT2D eigenvalue weighted by Gasteiger charge is -2.62. The SMILES string of the molecule is C[C@H](CCCC(C)(C)O)[C@H]1CC[C@]2(O)C3=CC(=O)C4=C[C@H](O)[C@H](O)C[C@]4(C)[C@@]3(O)CC[C@]12C. The Morgan fingerprint density at radius 1 is 1.12 bits per heavy atom. The van der Waals surface area contributed by atoms with E-state index in [0.29, 0.717) is 36.3 Å². The molecular formula is C27H42O6. The molecule has 0 saturated heterocycles. The number of hydrogen-bond acceptors (Lipinski definition) is 6. The Hall–Kier alpha value is -1.05. The monoisotopic (exact) mass is 462 g/mol. The van der Waals surface area contributed by atoms with Gasteiger partial charge in [0.15, 0.2) is 5.78 Å². The summed E-state index contributed by atoms with van der Waals surface area (Å²) in [5.74, 6) is 0.297. The Kier molecular flexibility index (Phi) is 5.86. The van der Waals surface area contributed by atoms with Gasteiger partial charge in [-0.2, -0.15) is 0 Å². The fraction of sp³-hybridized carbons (Fsp3) is 0.815. The molecule has 0 bridgehead atoms. The number of aliphatic hydroxyl groups excluding tert-OH is 2. The van der Waals surface area contributed by atoms with E-state index < -0.39 is 39.8 Å². The molecule has 8 atom stereocenters. The van der Waals surface area contributed by atoms with E-state index in [9.17, 15) is 30.3 Å². The third-order valence-electron chi connectivity index (χ3n) is 10.0. The largest absolute Gasteiger partial charge is 0.390 e. The molecule has 0 aromatic rings. The first-order valence-electron chi connectivity index (χ1n) is 12.6. The maximum absolute atomic E-state index is 13.2. The number of allylic oxidation sites excluding steroid dienone is 1. The average molecular weight is 463 g/mol. The minimum Gasteiger partial charge on any atom is -0.390 e. The smallest absolute Gasteiger partial charge is 0.182 e. The van der Waals surface area contributed by atoms with E-state index in [1.807, 2.05) is 13.8 Å². The van der Waals surface area contributed by atoms with Crippen LogP contribution in [0.3, 0.4) is 0 Å². The van der Waals surface area contributed by atoms with Crippen LogP contribution in [0.4, 0.5) is 0 Å². The lowest BCUT2D eigenvalue weighted by Crippen LogP contribution is -2.67. The second-order valence-corrected chi connectivity index (χ2v) is 12.6. The molecule has 4 aliphatic carbocycles. The van der Waals surface area contributed by atoms with E-state index >= 15 is 0 Å². The molecule has 0 aliphatic heterocycles. The van der Waals surface area contributed by atoms with Crippen molar-refractivity contribution in [3.63, 3.8) is 0 Å². The summed E-state index contributed by atoms with van der Waals surface area (Å²) in [6.45, 7) is 9.76. The number of ketones is 1. The van der Waals surface area contributed by atoms with Crippen LogP contribution < -0.4 is 0 Å². The van der Waals surface area contributed by atoms with Crippen molar-refractivity contribution in [2.75, 3.05) is 0 Å². The van der Waals surface area contributed by atoms with E-state index in [1.165, 1.54) is 12.2 Å². The molecule has 0 spiro atoms. The Balaban J connectivity index is 1.68. The van der Waals surface area contributed by atoms with Gasteiger partial charge in [-0.05, 0) is 81.9 Å². The molecule has 186 valence electrons. The van der Waals surface area contributed by atoms with Crippen molar-refractivity contribution in [3.8, 4) is 0 Å².